The molecule has 0 fully saturated rings. The van der Waals surface area contributed by atoms with Crippen molar-refractivity contribution in [1.82, 2.24) is 0 Å². The lowest BCUT2D eigenvalue weighted by Gasteiger charge is -2.19. The number of aliphatic hydroxyl groups excluding tert-OH is 1. The number of aliphatic hydroxyl groups is 1. The molecule has 0 aromatic carbocycles. The van der Waals surface area contributed by atoms with E-state index in [1.165, 1.54) is 77.0 Å². The minimum atomic E-state index is -0.289. The van der Waals surface area contributed by atoms with Crippen LogP contribution in [0, 0.1) is 0 Å². The molecule has 0 rings (SSSR count). The van der Waals surface area contributed by atoms with Crippen LogP contribution in [-0.2, 0) is 9.47 Å². The summed E-state index contributed by atoms with van der Waals surface area (Å²) in [4.78, 5) is 0. The van der Waals surface area contributed by atoms with E-state index in [2.05, 4.69) is 13.5 Å². The van der Waals surface area contributed by atoms with Gasteiger partial charge in [0.25, 0.3) is 0 Å². The largest absolute Gasteiger partial charge is 0.393 e. The Morgan fingerprint density at radius 2 is 1.35 bits per heavy atom. The van der Waals surface area contributed by atoms with E-state index < -0.39 is 0 Å². The topological polar surface area (TPSA) is 38.7 Å². The third-order valence-corrected chi connectivity index (χ3v) is 5.06. The SMILES string of the molecule is C=CC[C@@H](O)CC[C@H](CCCCCCCCCCCCCC)OCOC. The molecule has 3 heteroatoms. The van der Waals surface area contributed by atoms with Crippen molar-refractivity contribution < 1.29 is 14.6 Å². The summed E-state index contributed by atoms with van der Waals surface area (Å²) in [5.74, 6) is 0. The fourth-order valence-electron chi connectivity index (χ4n) is 3.38. The van der Waals surface area contributed by atoms with Crippen LogP contribution in [0.15, 0.2) is 12.7 Å². The highest BCUT2D eigenvalue weighted by Crippen LogP contribution is 2.17. The van der Waals surface area contributed by atoms with Crippen LogP contribution in [0.2, 0.25) is 0 Å². The average Bonchev–Trinajstić information content (AvgIpc) is 2.64. The van der Waals surface area contributed by atoms with Crippen molar-refractivity contribution >= 4 is 0 Å². The molecule has 1 N–H and O–H groups in total. The molecular formula is C23H46O3. The molecule has 3 nitrogen and oxygen atoms in total. The van der Waals surface area contributed by atoms with Crippen molar-refractivity contribution in [2.75, 3.05) is 13.9 Å². The highest BCUT2D eigenvalue weighted by atomic mass is 16.7. The maximum absolute atomic E-state index is 9.84. The summed E-state index contributed by atoms with van der Waals surface area (Å²) in [6.45, 7) is 6.30. The third kappa shape index (κ3) is 18.4. The number of unbranched alkanes of at least 4 members (excludes halogenated alkanes) is 11. The van der Waals surface area contributed by atoms with E-state index in [0.29, 0.717) is 13.2 Å². The van der Waals surface area contributed by atoms with Gasteiger partial charge in [0.15, 0.2) is 0 Å². The van der Waals surface area contributed by atoms with Gasteiger partial charge in [0.05, 0.1) is 12.2 Å². The second kappa shape index (κ2) is 20.9. The van der Waals surface area contributed by atoms with E-state index in [4.69, 9.17) is 9.47 Å². The summed E-state index contributed by atoms with van der Waals surface area (Å²) in [6.07, 6.45) is 21.6. The molecular weight excluding hydrogens is 324 g/mol. The van der Waals surface area contributed by atoms with Crippen molar-refractivity contribution in [1.29, 1.82) is 0 Å². The second-order valence-corrected chi connectivity index (χ2v) is 7.63. The normalized spacial score (nSPS) is 13.7. The molecule has 0 heterocycles. The van der Waals surface area contributed by atoms with Crippen LogP contribution >= 0.6 is 0 Å². The van der Waals surface area contributed by atoms with Crippen molar-refractivity contribution in [2.45, 2.75) is 122 Å². The summed E-state index contributed by atoms with van der Waals surface area (Å²) in [7, 11) is 1.66. The zero-order valence-corrected chi connectivity index (χ0v) is 17.7. The molecule has 0 saturated carbocycles. The van der Waals surface area contributed by atoms with E-state index in [9.17, 15) is 5.11 Å². The minimum absolute atomic E-state index is 0.206. The average molecular weight is 371 g/mol. The number of ether oxygens (including phenoxy) is 2. The predicted octanol–water partition coefficient (Wildman–Crippen LogP) is 6.78. The van der Waals surface area contributed by atoms with Crippen LogP contribution in [0.3, 0.4) is 0 Å². The summed E-state index contributed by atoms with van der Waals surface area (Å²) in [5.41, 5.74) is 0. The second-order valence-electron chi connectivity index (χ2n) is 7.63. The van der Waals surface area contributed by atoms with Crippen molar-refractivity contribution in [3.63, 3.8) is 0 Å². The molecule has 0 spiro atoms. The Balaban J connectivity index is 3.55. The molecule has 26 heavy (non-hydrogen) atoms. The van der Waals surface area contributed by atoms with Gasteiger partial charge >= 0.3 is 0 Å². The van der Waals surface area contributed by atoms with Crippen LogP contribution in [-0.4, -0.2) is 31.2 Å². The first-order valence-electron chi connectivity index (χ1n) is 11.1. The van der Waals surface area contributed by atoms with Crippen LogP contribution in [0.4, 0.5) is 0 Å². The standard InChI is InChI=1S/C23H46O3/c1-4-6-7-8-9-10-11-12-13-14-15-16-18-23(26-21-25-3)20-19-22(24)17-5-2/h5,22-24H,2,4,6-21H2,1,3H3/t22-,23+/m1/s1. The monoisotopic (exact) mass is 370 g/mol. The molecule has 0 radical (unpaired) electrons. The lowest BCUT2D eigenvalue weighted by molar-refractivity contribution is -0.0799. The van der Waals surface area contributed by atoms with Gasteiger partial charge in [-0.3, -0.25) is 0 Å². The molecule has 0 aliphatic carbocycles. The Hall–Kier alpha value is -0.380. The summed E-state index contributed by atoms with van der Waals surface area (Å²) in [5, 5.41) is 9.84. The van der Waals surface area contributed by atoms with Crippen LogP contribution in [0.25, 0.3) is 0 Å². The predicted molar refractivity (Wildman–Crippen MR) is 112 cm³/mol. The number of methoxy groups -OCH3 is 1. The highest BCUT2D eigenvalue weighted by Gasteiger charge is 2.12. The van der Waals surface area contributed by atoms with E-state index >= 15 is 0 Å². The molecule has 0 amide bonds. The molecule has 2 atom stereocenters. The van der Waals surface area contributed by atoms with Gasteiger partial charge in [-0.2, -0.15) is 0 Å². The molecule has 0 saturated heterocycles. The maximum atomic E-state index is 9.84. The smallest absolute Gasteiger partial charge is 0.146 e. The Bertz CT molecular complexity index is 281. The Kier molecular flexibility index (Phi) is 20.6. The lowest BCUT2D eigenvalue weighted by Crippen LogP contribution is -2.18. The molecule has 0 aromatic rings. The quantitative estimate of drug-likeness (QED) is 0.137. The summed E-state index contributed by atoms with van der Waals surface area (Å²) >= 11 is 0. The Morgan fingerprint density at radius 1 is 0.808 bits per heavy atom. The van der Waals surface area contributed by atoms with Gasteiger partial charge in [-0.25, -0.2) is 0 Å². The van der Waals surface area contributed by atoms with Crippen LogP contribution < -0.4 is 0 Å². The van der Waals surface area contributed by atoms with Crippen LogP contribution in [0.5, 0.6) is 0 Å². The molecule has 0 bridgehead atoms. The zero-order chi connectivity index (χ0) is 19.3. The van der Waals surface area contributed by atoms with E-state index in [1.54, 1.807) is 13.2 Å². The zero-order valence-electron chi connectivity index (χ0n) is 17.7. The first-order valence-corrected chi connectivity index (χ1v) is 11.1. The van der Waals surface area contributed by atoms with Gasteiger partial charge in [-0.15, -0.1) is 6.58 Å². The van der Waals surface area contributed by atoms with Gasteiger partial charge in [-0.05, 0) is 25.7 Å². The molecule has 0 aliphatic heterocycles. The summed E-state index contributed by atoms with van der Waals surface area (Å²) < 4.78 is 10.8. The van der Waals surface area contributed by atoms with Crippen LogP contribution in [0.1, 0.15) is 110 Å². The van der Waals surface area contributed by atoms with Gasteiger partial charge in [0.1, 0.15) is 6.79 Å². The molecule has 0 aromatic heterocycles. The molecule has 0 aliphatic rings. The number of rotatable bonds is 21. The number of hydrogen-bond donors (Lipinski definition) is 1. The first-order chi connectivity index (χ1) is 12.7. The van der Waals surface area contributed by atoms with Gasteiger partial charge in [-0.1, -0.05) is 90.0 Å². The van der Waals surface area contributed by atoms with Gasteiger partial charge in [0.2, 0.25) is 0 Å². The van der Waals surface area contributed by atoms with E-state index in [0.717, 1.165) is 19.3 Å². The van der Waals surface area contributed by atoms with E-state index in [1.807, 2.05) is 0 Å². The van der Waals surface area contributed by atoms with Gasteiger partial charge in [0, 0.05) is 7.11 Å². The Morgan fingerprint density at radius 3 is 1.85 bits per heavy atom. The highest BCUT2D eigenvalue weighted by molar-refractivity contribution is 4.73. The van der Waals surface area contributed by atoms with E-state index in [-0.39, 0.29) is 12.2 Å². The minimum Gasteiger partial charge on any atom is -0.393 e. The van der Waals surface area contributed by atoms with Crippen molar-refractivity contribution in [3.05, 3.63) is 12.7 Å². The first kappa shape index (κ1) is 25.6. The van der Waals surface area contributed by atoms with Gasteiger partial charge < -0.3 is 14.6 Å². The Labute approximate surface area is 163 Å². The van der Waals surface area contributed by atoms with Crippen molar-refractivity contribution in [2.24, 2.45) is 0 Å². The number of hydrogen-bond acceptors (Lipinski definition) is 3. The maximum Gasteiger partial charge on any atom is 0.146 e. The molecule has 156 valence electrons. The third-order valence-electron chi connectivity index (χ3n) is 5.06. The fraction of sp³-hybridized carbons (Fsp3) is 0.913. The van der Waals surface area contributed by atoms with Crippen molar-refractivity contribution in [3.8, 4) is 0 Å². The molecule has 0 unspecified atom stereocenters. The lowest BCUT2D eigenvalue weighted by atomic mass is 10.0. The summed E-state index contributed by atoms with van der Waals surface area (Å²) in [6, 6.07) is 0. The fourth-order valence-corrected chi connectivity index (χ4v) is 3.38.